The van der Waals surface area contributed by atoms with Gasteiger partial charge in [-0.2, -0.15) is 0 Å². The first-order valence-electron chi connectivity index (χ1n) is 15.7. The zero-order valence-corrected chi connectivity index (χ0v) is 25.3. The smallest absolute Gasteiger partial charge is 0.146 e. The van der Waals surface area contributed by atoms with Gasteiger partial charge in [-0.25, -0.2) is 19.9 Å². The van der Waals surface area contributed by atoms with Gasteiger partial charge in [0, 0.05) is 29.4 Å². The molecule has 0 bridgehead atoms. The van der Waals surface area contributed by atoms with Gasteiger partial charge in [0.2, 0.25) is 0 Å². The molecule has 9 rings (SSSR count). The van der Waals surface area contributed by atoms with Crippen LogP contribution in [-0.2, 0) is 5.41 Å². The van der Waals surface area contributed by atoms with Crippen molar-refractivity contribution in [2.24, 2.45) is 5.92 Å². The molecule has 45 heavy (non-hydrogen) atoms. The third-order valence-electron chi connectivity index (χ3n) is 9.76. The normalized spacial score (nSPS) is 19.3. The lowest BCUT2D eigenvalue weighted by molar-refractivity contribution is 0.420. The summed E-state index contributed by atoms with van der Waals surface area (Å²) in [4.78, 5) is 20.0. The molecular weight excluding hydrogens is 552 g/mol. The van der Waals surface area contributed by atoms with Gasteiger partial charge in [0.05, 0.1) is 21.7 Å². The quantitative estimate of drug-likeness (QED) is 0.232. The minimum absolute atomic E-state index is 0.127. The Kier molecular flexibility index (Phi) is 5.69. The van der Waals surface area contributed by atoms with E-state index in [0.717, 1.165) is 69.0 Å². The first kappa shape index (κ1) is 26.1. The maximum absolute atomic E-state index is 5.27. The van der Waals surface area contributed by atoms with Crippen LogP contribution in [0.3, 0.4) is 0 Å². The van der Waals surface area contributed by atoms with Gasteiger partial charge >= 0.3 is 0 Å². The lowest BCUT2D eigenvalue weighted by atomic mass is 9.74. The van der Waals surface area contributed by atoms with Gasteiger partial charge in [0.1, 0.15) is 23.3 Å². The fourth-order valence-corrected chi connectivity index (χ4v) is 7.56. The monoisotopic (exact) mass is 584 g/mol. The van der Waals surface area contributed by atoms with E-state index in [1.54, 1.807) is 0 Å². The molecule has 0 amide bonds. The van der Waals surface area contributed by atoms with Crippen molar-refractivity contribution < 1.29 is 0 Å². The number of rotatable bonds is 4. The Hall–Kier alpha value is -5.36. The summed E-state index contributed by atoms with van der Waals surface area (Å²) in [5.41, 5.74) is 6.87. The Balaban J connectivity index is 1.27. The van der Waals surface area contributed by atoms with E-state index in [-0.39, 0.29) is 17.3 Å². The molecule has 0 radical (unpaired) electrons. The minimum atomic E-state index is -0.127. The predicted octanol–water partition coefficient (Wildman–Crippen LogP) is 6.67. The number of hydrogen-bond donors (Lipinski definition) is 0. The standard InChI is InChI=1S/C39H32N6/c1-39(2)29-23-33-31(42-37(25-13-5-3-6-14-25)44(33)35-17-9-11-19-40-35)21-27(29)28-22-32-34(24-30(28)39)45(36-18-10-12-20-41-36)38(43-32)26-15-7-4-8-16-26/h3,5-7,9-24,27,29H,4,8H2,1-2H3. The highest BCUT2D eigenvalue weighted by molar-refractivity contribution is 5.87. The first-order chi connectivity index (χ1) is 22.1. The average molecular weight is 585 g/mol. The lowest BCUT2D eigenvalue weighted by Crippen LogP contribution is -2.38. The summed E-state index contributed by atoms with van der Waals surface area (Å²) in [5, 5.41) is 2.11. The molecule has 0 saturated carbocycles. The van der Waals surface area contributed by atoms with Crippen LogP contribution >= 0.6 is 0 Å². The zero-order valence-electron chi connectivity index (χ0n) is 25.3. The molecule has 0 N–H and O–H groups in total. The van der Waals surface area contributed by atoms with Crippen molar-refractivity contribution in [3.63, 3.8) is 0 Å². The second-order valence-electron chi connectivity index (χ2n) is 12.7. The van der Waals surface area contributed by atoms with Crippen LogP contribution in [0.25, 0.3) is 51.8 Å². The Morgan fingerprint density at radius 2 is 1.51 bits per heavy atom. The summed E-state index contributed by atoms with van der Waals surface area (Å²) >= 11 is 0. The van der Waals surface area contributed by atoms with E-state index in [4.69, 9.17) is 19.9 Å². The topological polar surface area (TPSA) is 61.4 Å². The van der Waals surface area contributed by atoms with E-state index in [9.17, 15) is 0 Å². The summed E-state index contributed by atoms with van der Waals surface area (Å²) in [6.45, 7) is 4.76. The molecule has 6 aromatic rings. The molecule has 2 unspecified atom stereocenters. The molecule has 218 valence electrons. The summed E-state index contributed by atoms with van der Waals surface area (Å²) in [6.07, 6.45) is 17.4. The molecule has 4 heterocycles. The van der Waals surface area contributed by atoms with Crippen molar-refractivity contribution in [3.8, 4) is 23.0 Å². The van der Waals surface area contributed by atoms with E-state index in [1.807, 2.05) is 42.7 Å². The summed E-state index contributed by atoms with van der Waals surface area (Å²) in [5.74, 6) is 4.06. The third kappa shape index (κ3) is 3.95. The maximum atomic E-state index is 5.27. The van der Waals surface area contributed by atoms with E-state index in [2.05, 4.69) is 102 Å². The first-order valence-corrected chi connectivity index (χ1v) is 15.7. The Morgan fingerprint density at radius 3 is 2.22 bits per heavy atom. The van der Waals surface area contributed by atoms with Crippen LogP contribution in [0.1, 0.15) is 49.6 Å². The largest absolute Gasteiger partial charge is 0.277 e. The highest BCUT2D eigenvalue weighted by Gasteiger charge is 2.46. The van der Waals surface area contributed by atoms with E-state index in [0.29, 0.717) is 0 Å². The van der Waals surface area contributed by atoms with Gasteiger partial charge in [-0.15, -0.1) is 0 Å². The molecular formula is C39H32N6. The van der Waals surface area contributed by atoms with Crippen LogP contribution in [0.4, 0.5) is 0 Å². The van der Waals surface area contributed by atoms with Crippen molar-refractivity contribution in [1.29, 1.82) is 0 Å². The molecule has 2 aromatic carbocycles. The SMILES string of the molecule is CC1(C)c2cc3c(cc2C2C=c4nc(-c5ccccc5)n(-c5ccccn5)c4=CC21)nc(C1=CCCC=C1)n3-c1ccccn1. The Labute approximate surface area is 261 Å². The number of aromatic nitrogens is 6. The van der Waals surface area contributed by atoms with Gasteiger partial charge in [0.15, 0.2) is 0 Å². The third-order valence-corrected chi connectivity index (χ3v) is 9.76. The highest BCUT2D eigenvalue weighted by Crippen LogP contribution is 2.53. The number of fused-ring (bicyclic) bond motifs is 5. The molecule has 4 aromatic heterocycles. The fraction of sp³-hybridized carbons (Fsp3) is 0.179. The maximum Gasteiger partial charge on any atom is 0.146 e. The molecule has 6 nitrogen and oxygen atoms in total. The summed E-state index contributed by atoms with van der Waals surface area (Å²) in [7, 11) is 0. The highest BCUT2D eigenvalue weighted by atomic mass is 15.1. The van der Waals surface area contributed by atoms with Crippen molar-refractivity contribution in [1.82, 2.24) is 29.1 Å². The van der Waals surface area contributed by atoms with Gasteiger partial charge < -0.3 is 0 Å². The molecule has 6 heteroatoms. The van der Waals surface area contributed by atoms with Crippen molar-refractivity contribution in [3.05, 3.63) is 137 Å². The van der Waals surface area contributed by atoms with Gasteiger partial charge in [-0.1, -0.05) is 80.6 Å². The fourth-order valence-electron chi connectivity index (χ4n) is 7.56. The zero-order chi connectivity index (χ0) is 30.1. The second kappa shape index (κ2) is 9.83. The van der Waals surface area contributed by atoms with Crippen LogP contribution in [0.2, 0.25) is 0 Å². The number of allylic oxidation sites excluding steroid dienone is 4. The van der Waals surface area contributed by atoms with Crippen LogP contribution in [0.15, 0.2) is 109 Å². The molecule has 3 aliphatic rings. The minimum Gasteiger partial charge on any atom is -0.277 e. The number of pyridine rings is 2. The molecule has 2 atom stereocenters. The van der Waals surface area contributed by atoms with Crippen molar-refractivity contribution >= 4 is 28.8 Å². The lowest BCUT2D eigenvalue weighted by Gasteiger charge is -2.29. The van der Waals surface area contributed by atoms with Crippen LogP contribution < -0.4 is 10.7 Å². The van der Waals surface area contributed by atoms with Crippen LogP contribution in [0.5, 0.6) is 0 Å². The van der Waals surface area contributed by atoms with Gasteiger partial charge in [-0.05, 0) is 77.8 Å². The second-order valence-corrected chi connectivity index (χ2v) is 12.7. The summed E-state index contributed by atoms with van der Waals surface area (Å²) < 4.78 is 4.46. The van der Waals surface area contributed by atoms with Gasteiger partial charge in [0.25, 0.3) is 0 Å². The van der Waals surface area contributed by atoms with Crippen molar-refractivity contribution in [2.45, 2.75) is 38.0 Å². The number of imidazole rings is 2. The molecule has 0 spiro atoms. The number of nitrogens with zero attached hydrogens (tertiary/aromatic N) is 6. The summed E-state index contributed by atoms with van der Waals surface area (Å²) in [6, 6.07) is 27.3. The molecule has 0 fully saturated rings. The average Bonchev–Trinajstić information content (AvgIpc) is 3.72. The van der Waals surface area contributed by atoms with Crippen LogP contribution in [-0.4, -0.2) is 29.1 Å². The predicted molar refractivity (Wildman–Crippen MR) is 179 cm³/mol. The number of hydrogen-bond acceptors (Lipinski definition) is 4. The molecule has 3 aliphatic carbocycles. The van der Waals surface area contributed by atoms with Crippen molar-refractivity contribution in [2.75, 3.05) is 0 Å². The van der Waals surface area contributed by atoms with E-state index in [1.165, 1.54) is 11.1 Å². The van der Waals surface area contributed by atoms with Crippen LogP contribution in [0, 0.1) is 5.92 Å². The molecule has 0 aliphatic heterocycles. The van der Waals surface area contributed by atoms with E-state index < -0.39 is 0 Å². The van der Waals surface area contributed by atoms with E-state index >= 15 is 0 Å². The Bertz CT molecular complexity index is 2290. The number of benzene rings is 2. The molecule has 0 saturated heterocycles. The Morgan fingerprint density at radius 1 is 0.756 bits per heavy atom. The van der Waals surface area contributed by atoms with Gasteiger partial charge in [-0.3, -0.25) is 9.13 Å².